The molecule has 0 unspecified atom stereocenters. The van der Waals surface area contributed by atoms with Crippen LogP contribution in [0.2, 0.25) is 0 Å². The second-order valence-corrected chi connectivity index (χ2v) is 5.52. The summed E-state index contributed by atoms with van der Waals surface area (Å²) in [5.74, 6) is 0.798. The molecule has 1 fully saturated rings. The van der Waals surface area contributed by atoms with Gasteiger partial charge in [0.25, 0.3) is 0 Å². The fraction of sp³-hybridized carbons (Fsp3) is 0.667. The minimum Gasteiger partial charge on any atom is -0.296 e. The Morgan fingerprint density at radius 3 is 2.89 bits per heavy atom. The van der Waals surface area contributed by atoms with Gasteiger partial charge in [-0.15, -0.1) is 12.4 Å². The van der Waals surface area contributed by atoms with Crippen LogP contribution in [-0.2, 0) is 0 Å². The van der Waals surface area contributed by atoms with Crippen LogP contribution in [-0.4, -0.2) is 23.0 Å². The number of aromatic nitrogens is 1. The fourth-order valence-electron chi connectivity index (χ4n) is 2.63. The molecule has 1 aliphatic heterocycles. The Balaban J connectivity index is 0.00000162. The van der Waals surface area contributed by atoms with Gasteiger partial charge in [-0.2, -0.15) is 0 Å². The molecule has 2 heterocycles. The molecule has 0 aromatic carbocycles. The van der Waals surface area contributed by atoms with Gasteiger partial charge in [-0.25, -0.2) is 0 Å². The van der Waals surface area contributed by atoms with Crippen LogP contribution in [0.4, 0.5) is 0 Å². The lowest BCUT2D eigenvalue weighted by Crippen LogP contribution is -2.34. The summed E-state index contributed by atoms with van der Waals surface area (Å²) in [5, 5.41) is 0. The Labute approximate surface area is 117 Å². The summed E-state index contributed by atoms with van der Waals surface area (Å²) in [4.78, 5) is 6.92. The summed E-state index contributed by atoms with van der Waals surface area (Å²) < 4.78 is 0. The summed E-state index contributed by atoms with van der Waals surface area (Å²) in [6, 6.07) is 4.90. The first kappa shape index (κ1) is 15.5. The molecule has 0 saturated carbocycles. The second kappa shape index (κ2) is 7.75. The first-order chi connectivity index (χ1) is 8.27. The predicted molar refractivity (Wildman–Crippen MR) is 79.1 cm³/mol. The van der Waals surface area contributed by atoms with Crippen molar-refractivity contribution in [3.63, 3.8) is 0 Å². The van der Waals surface area contributed by atoms with Gasteiger partial charge in [0, 0.05) is 18.4 Å². The number of hydrogen-bond donors (Lipinski definition) is 0. The Hall–Kier alpha value is -0.600. The zero-order chi connectivity index (χ0) is 12.1. The highest BCUT2D eigenvalue weighted by Crippen LogP contribution is 2.30. The van der Waals surface area contributed by atoms with Crippen molar-refractivity contribution >= 4 is 12.4 Å². The van der Waals surface area contributed by atoms with Crippen LogP contribution in [0.25, 0.3) is 0 Å². The number of hydrogen-bond acceptors (Lipinski definition) is 2. The van der Waals surface area contributed by atoms with Crippen molar-refractivity contribution < 1.29 is 0 Å². The van der Waals surface area contributed by atoms with Gasteiger partial charge >= 0.3 is 0 Å². The zero-order valence-corrected chi connectivity index (χ0v) is 12.3. The van der Waals surface area contributed by atoms with Crippen LogP contribution in [0, 0.1) is 5.92 Å². The maximum absolute atomic E-state index is 4.26. The number of nitrogens with zero attached hydrogens (tertiary/aromatic N) is 2. The topological polar surface area (TPSA) is 16.1 Å². The van der Waals surface area contributed by atoms with E-state index >= 15 is 0 Å². The number of pyridine rings is 1. The Morgan fingerprint density at radius 1 is 1.39 bits per heavy atom. The molecule has 1 atom stereocenters. The highest BCUT2D eigenvalue weighted by Gasteiger charge is 2.23. The van der Waals surface area contributed by atoms with Gasteiger partial charge in [-0.05, 0) is 49.9 Å². The minimum absolute atomic E-state index is 0. The Bertz CT molecular complexity index is 327. The van der Waals surface area contributed by atoms with E-state index in [1.165, 1.54) is 44.3 Å². The quantitative estimate of drug-likeness (QED) is 0.818. The van der Waals surface area contributed by atoms with Gasteiger partial charge in [0.1, 0.15) is 0 Å². The molecule has 1 saturated heterocycles. The first-order valence-electron chi connectivity index (χ1n) is 6.91. The van der Waals surface area contributed by atoms with Crippen LogP contribution in [0.15, 0.2) is 24.5 Å². The predicted octanol–water partition coefficient (Wildman–Crippen LogP) is 4.08. The van der Waals surface area contributed by atoms with E-state index in [1.54, 1.807) is 0 Å². The van der Waals surface area contributed by atoms with Gasteiger partial charge in [0.15, 0.2) is 0 Å². The molecule has 102 valence electrons. The molecule has 0 N–H and O–H groups in total. The average Bonchev–Trinajstić information content (AvgIpc) is 2.38. The third kappa shape index (κ3) is 4.25. The normalized spacial score (nSPS) is 20.7. The lowest BCUT2D eigenvalue weighted by Gasteiger charge is -2.36. The second-order valence-electron chi connectivity index (χ2n) is 5.52. The average molecular weight is 269 g/mol. The molecule has 3 heteroatoms. The molecule has 18 heavy (non-hydrogen) atoms. The lowest BCUT2D eigenvalue weighted by molar-refractivity contribution is 0.141. The van der Waals surface area contributed by atoms with E-state index in [0.29, 0.717) is 6.04 Å². The smallest absolute Gasteiger partial charge is 0.0363 e. The van der Waals surface area contributed by atoms with E-state index in [4.69, 9.17) is 0 Å². The molecular formula is C15H25ClN2. The van der Waals surface area contributed by atoms with Crippen LogP contribution < -0.4 is 0 Å². The van der Waals surface area contributed by atoms with Crippen LogP contribution in [0.3, 0.4) is 0 Å². The SMILES string of the molecule is CC(C)CCN1CCCC[C@H]1c1cccnc1.Cl. The zero-order valence-electron chi connectivity index (χ0n) is 11.5. The molecule has 0 aliphatic carbocycles. The van der Waals surface area contributed by atoms with Crippen molar-refractivity contribution in [1.82, 2.24) is 9.88 Å². The summed E-state index contributed by atoms with van der Waals surface area (Å²) in [6.45, 7) is 7.11. The van der Waals surface area contributed by atoms with Gasteiger partial charge in [0.2, 0.25) is 0 Å². The maximum atomic E-state index is 4.26. The number of halogens is 1. The Morgan fingerprint density at radius 2 is 2.22 bits per heavy atom. The molecule has 0 spiro atoms. The molecule has 0 amide bonds. The summed E-state index contributed by atoms with van der Waals surface area (Å²) in [5.41, 5.74) is 1.40. The molecule has 2 rings (SSSR count). The molecule has 0 radical (unpaired) electrons. The van der Waals surface area contributed by atoms with Crippen molar-refractivity contribution in [1.29, 1.82) is 0 Å². The standard InChI is InChI=1S/C15H24N2.ClH/c1-13(2)8-11-17-10-4-3-7-15(17)14-6-5-9-16-12-14;/h5-6,9,12-13,15H,3-4,7-8,10-11H2,1-2H3;1H/t15-;/m0./s1. The highest BCUT2D eigenvalue weighted by molar-refractivity contribution is 5.85. The van der Waals surface area contributed by atoms with Crippen LogP contribution in [0.5, 0.6) is 0 Å². The van der Waals surface area contributed by atoms with E-state index in [1.807, 2.05) is 12.4 Å². The van der Waals surface area contributed by atoms with Gasteiger partial charge in [-0.1, -0.05) is 26.3 Å². The number of rotatable bonds is 4. The molecule has 0 bridgehead atoms. The molecule has 1 aliphatic rings. The summed E-state index contributed by atoms with van der Waals surface area (Å²) in [6.07, 6.45) is 9.22. The Kier molecular flexibility index (Phi) is 6.66. The van der Waals surface area contributed by atoms with E-state index < -0.39 is 0 Å². The number of likely N-dealkylation sites (tertiary alicyclic amines) is 1. The van der Waals surface area contributed by atoms with E-state index in [2.05, 4.69) is 35.9 Å². The first-order valence-corrected chi connectivity index (χ1v) is 6.91. The van der Waals surface area contributed by atoms with Crippen LogP contribution in [0.1, 0.15) is 51.1 Å². The largest absolute Gasteiger partial charge is 0.296 e. The third-order valence-electron chi connectivity index (χ3n) is 3.68. The van der Waals surface area contributed by atoms with E-state index in [9.17, 15) is 0 Å². The van der Waals surface area contributed by atoms with Crippen molar-refractivity contribution in [3.8, 4) is 0 Å². The molecule has 2 nitrogen and oxygen atoms in total. The van der Waals surface area contributed by atoms with Crippen LogP contribution >= 0.6 is 12.4 Å². The van der Waals surface area contributed by atoms with Gasteiger partial charge in [-0.3, -0.25) is 9.88 Å². The lowest BCUT2D eigenvalue weighted by atomic mass is 9.95. The van der Waals surface area contributed by atoms with Gasteiger partial charge < -0.3 is 0 Å². The molecule has 1 aromatic rings. The van der Waals surface area contributed by atoms with E-state index in [0.717, 1.165) is 5.92 Å². The van der Waals surface area contributed by atoms with Crippen molar-refractivity contribution in [2.45, 2.75) is 45.6 Å². The summed E-state index contributed by atoms with van der Waals surface area (Å²) >= 11 is 0. The minimum atomic E-state index is 0. The van der Waals surface area contributed by atoms with Gasteiger partial charge in [0.05, 0.1) is 0 Å². The van der Waals surface area contributed by atoms with Crippen molar-refractivity contribution in [2.75, 3.05) is 13.1 Å². The highest BCUT2D eigenvalue weighted by atomic mass is 35.5. The fourth-order valence-corrected chi connectivity index (χ4v) is 2.63. The monoisotopic (exact) mass is 268 g/mol. The number of piperidine rings is 1. The van der Waals surface area contributed by atoms with Crippen molar-refractivity contribution in [2.24, 2.45) is 5.92 Å². The summed E-state index contributed by atoms with van der Waals surface area (Å²) in [7, 11) is 0. The van der Waals surface area contributed by atoms with E-state index in [-0.39, 0.29) is 12.4 Å². The molecule has 1 aromatic heterocycles. The van der Waals surface area contributed by atoms with Crippen molar-refractivity contribution in [3.05, 3.63) is 30.1 Å². The third-order valence-corrected chi connectivity index (χ3v) is 3.68. The maximum Gasteiger partial charge on any atom is 0.0363 e. The molecular weight excluding hydrogens is 244 g/mol.